The van der Waals surface area contributed by atoms with Crippen molar-refractivity contribution < 1.29 is 13.9 Å². The lowest BCUT2D eigenvalue weighted by Gasteiger charge is -2.39. The van der Waals surface area contributed by atoms with Gasteiger partial charge < -0.3 is 5.11 Å². The average molecular weight is 254 g/mol. The fourth-order valence-corrected chi connectivity index (χ4v) is 2.88. The quantitative estimate of drug-likeness (QED) is 0.853. The van der Waals surface area contributed by atoms with Crippen LogP contribution in [0, 0.1) is 23.5 Å². The van der Waals surface area contributed by atoms with E-state index < -0.39 is 17.2 Å². The maximum atomic E-state index is 13.6. The van der Waals surface area contributed by atoms with Crippen LogP contribution < -0.4 is 0 Å². The van der Waals surface area contributed by atoms with E-state index in [0.29, 0.717) is 24.7 Å². The molecule has 2 rings (SSSR count). The Morgan fingerprint density at radius 1 is 1.28 bits per heavy atom. The number of aliphatic hydroxyl groups is 1. The van der Waals surface area contributed by atoms with Gasteiger partial charge in [-0.15, -0.1) is 0 Å². The van der Waals surface area contributed by atoms with Crippen LogP contribution in [0.15, 0.2) is 18.2 Å². The van der Waals surface area contributed by atoms with Gasteiger partial charge in [-0.3, -0.25) is 0 Å². The predicted octanol–water partition coefficient (Wildman–Crippen LogP) is 3.69. The van der Waals surface area contributed by atoms with E-state index in [0.717, 1.165) is 18.6 Å². The van der Waals surface area contributed by atoms with Crippen molar-refractivity contribution >= 4 is 0 Å². The second-order valence-electron chi connectivity index (χ2n) is 5.83. The number of hydrogen-bond donors (Lipinski definition) is 1. The van der Waals surface area contributed by atoms with Gasteiger partial charge in [0.25, 0.3) is 0 Å². The molecular formula is C15H20F2O. The lowest BCUT2D eigenvalue weighted by atomic mass is 9.71. The molecule has 0 spiro atoms. The van der Waals surface area contributed by atoms with Crippen LogP contribution in [0.4, 0.5) is 8.78 Å². The molecule has 0 aromatic heterocycles. The fourth-order valence-electron chi connectivity index (χ4n) is 2.88. The molecule has 1 aromatic rings. The first-order valence-electron chi connectivity index (χ1n) is 6.56. The van der Waals surface area contributed by atoms with Crippen LogP contribution in [0.3, 0.4) is 0 Å². The van der Waals surface area contributed by atoms with E-state index in [-0.39, 0.29) is 12.0 Å². The predicted molar refractivity (Wildman–Crippen MR) is 67.2 cm³/mol. The lowest BCUT2D eigenvalue weighted by Crippen LogP contribution is -2.39. The minimum absolute atomic E-state index is 0.202. The van der Waals surface area contributed by atoms with E-state index in [1.807, 2.05) is 0 Å². The van der Waals surface area contributed by atoms with Crippen molar-refractivity contribution in [2.75, 3.05) is 0 Å². The summed E-state index contributed by atoms with van der Waals surface area (Å²) in [5.41, 5.74) is -0.611. The first-order chi connectivity index (χ1) is 8.39. The van der Waals surface area contributed by atoms with Crippen molar-refractivity contribution in [1.29, 1.82) is 0 Å². The molecule has 3 atom stereocenters. The highest BCUT2D eigenvalue weighted by molar-refractivity contribution is 5.21. The van der Waals surface area contributed by atoms with Crippen molar-refractivity contribution in [2.24, 2.45) is 11.8 Å². The van der Waals surface area contributed by atoms with E-state index in [4.69, 9.17) is 0 Å². The molecule has 1 aliphatic carbocycles. The Hall–Kier alpha value is -0.960. The molecule has 1 nitrogen and oxygen atoms in total. The van der Waals surface area contributed by atoms with Crippen molar-refractivity contribution in [1.82, 2.24) is 0 Å². The summed E-state index contributed by atoms with van der Waals surface area (Å²) in [6.07, 6.45) is 2.46. The Labute approximate surface area is 107 Å². The Morgan fingerprint density at radius 3 is 2.67 bits per heavy atom. The van der Waals surface area contributed by atoms with E-state index in [1.54, 1.807) is 0 Å². The second kappa shape index (κ2) is 4.96. The van der Waals surface area contributed by atoms with Crippen LogP contribution in [0.5, 0.6) is 0 Å². The van der Waals surface area contributed by atoms with Crippen molar-refractivity contribution in [2.45, 2.75) is 45.1 Å². The molecule has 1 fully saturated rings. The van der Waals surface area contributed by atoms with Gasteiger partial charge in [0.2, 0.25) is 0 Å². The Kier molecular flexibility index (Phi) is 3.71. The van der Waals surface area contributed by atoms with E-state index in [1.165, 1.54) is 6.07 Å². The molecule has 3 unspecified atom stereocenters. The van der Waals surface area contributed by atoms with Crippen LogP contribution in [-0.4, -0.2) is 10.7 Å². The maximum absolute atomic E-state index is 13.6. The molecule has 0 saturated heterocycles. The molecule has 100 valence electrons. The SMILES string of the molecule is CC1CCC(O)(Cc2cc(F)ccc2F)CC1C. The monoisotopic (exact) mass is 254 g/mol. The molecule has 0 heterocycles. The summed E-state index contributed by atoms with van der Waals surface area (Å²) in [5, 5.41) is 10.5. The highest BCUT2D eigenvalue weighted by atomic mass is 19.1. The summed E-state index contributed by atoms with van der Waals surface area (Å²) in [6, 6.07) is 3.42. The molecule has 3 heteroatoms. The Bertz CT molecular complexity index is 433. The fraction of sp³-hybridized carbons (Fsp3) is 0.600. The molecular weight excluding hydrogens is 234 g/mol. The van der Waals surface area contributed by atoms with Gasteiger partial charge in [-0.2, -0.15) is 0 Å². The summed E-state index contributed by atoms with van der Waals surface area (Å²) in [7, 11) is 0. The number of hydrogen-bond acceptors (Lipinski definition) is 1. The van der Waals surface area contributed by atoms with Gasteiger partial charge in [-0.05, 0) is 54.9 Å². The highest BCUT2D eigenvalue weighted by Gasteiger charge is 2.36. The zero-order valence-electron chi connectivity index (χ0n) is 10.9. The third kappa shape index (κ3) is 2.89. The summed E-state index contributed by atoms with van der Waals surface area (Å²) >= 11 is 0. The molecule has 1 aliphatic rings. The molecule has 0 aliphatic heterocycles. The standard InChI is InChI=1S/C15H20F2O/c1-10-5-6-15(18,8-11(10)2)9-12-7-13(16)3-4-14(12)17/h3-4,7,10-11,18H,5-6,8-9H2,1-2H3. The molecule has 1 N–H and O–H groups in total. The average Bonchev–Trinajstić information content (AvgIpc) is 2.29. The van der Waals surface area contributed by atoms with Gasteiger partial charge in [0.05, 0.1) is 5.60 Å². The van der Waals surface area contributed by atoms with Crippen LogP contribution >= 0.6 is 0 Å². The van der Waals surface area contributed by atoms with E-state index in [2.05, 4.69) is 13.8 Å². The number of rotatable bonds is 2. The summed E-state index contributed by atoms with van der Waals surface area (Å²) in [4.78, 5) is 0. The zero-order valence-corrected chi connectivity index (χ0v) is 10.9. The number of halogens is 2. The van der Waals surface area contributed by atoms with Gasteiger partial charge in [-0.25, -0.2) is 8.78 Å². The first-order valence-corrected chi connectivity index (χ1v) is 6.56. The lowest BCUT2D eigenvalue weighted by molar-refractivity contribution is -0.0285. The third-order valence-electron chi connectivity index (χ3n) is 4.27. The van der Waals surface area contributed by atoms with Crippen molar-refractivity contribution in [3.05, 3.63) is 35.4 Å². The topological polar surface area (TPSA) is 20.2 Å². The minimum atomic E-state index is -0.888. The number of benzene rings is 1. The molecule has 0 radical (unpaired) electrons. The molecule has 18 heavy (non-hydrogen) atoms. The molecule has 1 aromatic carbocycles. The largest absolute Gasteiger partial charge is 0.390 e. The van der Waals surface area contributed by atoms with Crippen molar-refractivity contribution in [3.63, 3.8) is 0 Å². The van der Waals surface area contributed by atoms with Crippen molar-refractivity contribution in [3.8, 4) is 0 Å². The van der Waals surface area contributed by atoms with Crippen LogP contribution in [0.1, 0.15) is 38.7 Å². The third-order valence-corrected chi connectivity index (χ3v) is 4.27. The summed E-state index contributed by atoms with van der Waals surface area (Å²) < 4.78 is 26.7. The van der Waals surface area contributed by atoms with Gasteiger partial charge in [0, 0.05) is 6.42 Å². The Balaban J connectivity index is 2.15. The van der Waals surface area contributed by atoms with E-state index in [9.17, 15) is 13.9 Å². The molecule has 1 saturated carbocycles. The van der Waals surface area contributed by atoms with Gasteiger partial charge in [0.1, 0.15) is 11.6 Å². The minimum Gasteiger partial charge on any atom is -0.390 e. The van der Waals surface area contributed by atoms with Gasteiger partial charge in [0.15, 0.2) is 0 Å². The first kappa shape index (κ1) is 13.5. The van der Waals surface area contributed by atoms with Crippen LogP contribution in [0.25, 0.3) is 0 Å². The Morgan fingerprint density at radius 2 is 2.00 bits per heavy atom. The molecule has 0 bridgehead atoms. The highest BCUT2D eigenvalue weighted by Crippen LogP contribution is 2.38. The van der Waals surface area contributed by atoms with Gasteiger partial charge >= 0.3 is 0 Å². The van der Waals surface area contributed by atoms with Gasteiger partial charge in [-0.1, -0.05) is 13.8 Å². The van der Waals surface area contributed by atoms with Crippen LogP contribution in [0.2, 0.25) is 0 Å². The smallest absolute Gasteiger partial charge is 0.126 e. The summed E-state index contributed by atoms with van der Waals surface area (Å²) in [5.74, 6) is 0.117. The van der Waals surface area contributed by atoms with Crippen LogP contribution in [-0.2, 0) is 6.42 Å². The maximum Gasteiger partial charge on any atom is 0.126 e. The molecule has 0 amide bonds. The zero-order chi connectivity index (χ0) is 13.3. The summed E-state index contributed by atoms with van der Waals surface area (Å²) in [6.45, 7) is 4.28. The normalized spacial score (nSPS) is 32.5. The second-order valence-corrected chi connectivity index (χ2v) is 5.83. The van der Waals surface area contributed by atoms with E-state index >= 15 is 0 Å².